The van der Waals surface area contributed by atoms with Crippen molar-refractivity contribution in [2.75, 3.05) is 13.1 Å². The van der Waals surface area contributed by atoms with Crippen LogP contribution in [-0.2, 0) is 19.1 Å². The third-order valence-electron chi connectivity index (χ3n) is 3.33. The number of nitrogens with zero attached hydrogens (tertiary/aromatic N) is 2. The second-order valence-corrected chi connectivity index (χ2v) is 5.49. The van der Waals surface area contributed by atoms with Crippen LogP contribution < -0.4 is 10.6 Å². The first-order chi connectivity index (χ1) is 10.5. The summed E-state index contributed by atoms with van der Waals surface area (Å²) in [6.45, 7) is 2.23. The monoisotopic (exact) mass is 306 g/mol. The van der Waals surface area contributed by atoms with Crippen molar-refractivity contribution in [2.45, 2.75) is 25.4 Å². The van der Waals surface area contributed by atoms with Gasteiger partial charge in [-0.2, -0.15) is 5.10 Å². The van der Waals surface area contributed by atoms with Gasteiger partial charge in [0.05, 0.1) is 19.0 Å². The lowest BCUT2D eigenvalue weighted by atomic mass is 10.0. The largest absolute Gasteiger partial charge is 0.466 e. The topological polar surface area (TPSA) is 92.3 Å². The number of rotatable bonds is 7. The molecule has 2 aromatic heterocycles. The maximum absolute atomic E-state index is 11.7. The summed E-state index contributed by atoms with van der Waals surface area (Å²) in [5.74, 6) is 0.421. The lowest BCUT2D eigenvalue weighted by Gasteiger charge is -2.21. The Morgan fingerprint density at radius 3 is 2.95 bits per heavy atom. The van der Waals surface area contributed by atoms with Crippen LogP contribution >= 0.6 is 0 Å². The highest BCUT2D eigenvalue weighted by Gasteiger charge is 2.26. The van der Waals surface area contributed by atoms with Crippen LogP contribution in [0.5, 0.6) is 0 Å². The fourth-order valence-electron chi connectivity index (χ4n) is 2.08. The van der Waals surface area contributed by atoms with E-state index in [-0.39, 0.29) is 12.6 Å². The number of aliphatic hydroxyl groups is 1. The van der Waals surface area contributed by atoms with Gasteiger partial charge in [0.1, 0.15) is 11.4 Å². The van der Waals surface area contributed by atoms with Gasteiger partial charge in [0.15, 0.2) is 0 Å². The lowest BCUT2D eigenvalue weighted by molar-refractivity contribution is 0.0367. The van der Waals surface area contributed by atoms with E-state index in [0.29, 0.717) is 12.3 Å². The van der Waals surface area contributed by atoms with Gasteiger partial charge in [0, 0.05) is 19.8 Å². The third-order valence-corrected chi connectivity index (χ3v) is 3.33. The first-order valence-electron chi connectivity index (χ1n) is 7.23. The fourth-order valence-corrected chi connectivity index (χ4v) is 2.08. The molecule has 120 valence electrons. The number of aryl methyl sites for hydroxylation is 2. The highest BCUT2D eigenvalue weighted by Crippen LogP contribution is 2.19. The summed E-state index contributed by atoms with van der Waals surface area (Å²) in [6.07, 6.45) is 6.95. The number of amides is 2. The second kappa shape index (κ2) is 7.13. The summed E-state index contributed by atoms with van der Waals surface area (Å²) >= 11 is 0. The molecule has 0 spiro atoms. The minimum atomic E-state index is -1.23. The lowest BCUT2D eigenvalue weighted by Crippen LogP contribution is -2.43. The smallest absolute Gasteiger partial charge is 0.314 e. The van der Waals surface area contributed by atoms with E-state index in [1.807, 2.05) is 19.4 Å². The van der Waals surface area contributed by atoms with Gasteiger partial charge < -0.3 is 20.2 Å². The third kappa shape index (κ3) is 4.63. The Balaban J connectivity index is 1.64. The Kier molecular flexibility index (Phi) is 5.21. The van der Waals surface area contributed by atoms with E-state index in [0.717, 1.165) is 18.4 Å². The Labute approximate surface area is 129 Å². The van der Waals surface area contributed by atoms with Crippen molar-refractivity contribution in [1.82, 2.24) is 20.4 Å². The molecule has 1 atom stereocenters. The molecule has 0 aliphatic heterocycles. The van der Waals surface area contributed by atoms with E-state index in [9.17, 15) is 9.90 Å². The number of carbonyl (C=O) groups is 1. The average molecular weight is 306 g/mol. The van der Waals surface area contributed by atoms with Gasteiger partial charge in [0.25, 0.3) is 0 Å². The van der Waals surface area contributed by atoms with Gasteiger partial charge in [-0.1, -0.05) is 0 Å². The van der Waals surface area contributed by atoms with Crippen LogP contribution in [0.3, 0.4) is 0 Å². The second-order valence-electron chi connectivity index (χ2n) is 5.49. The van der Waals surface area contributed by atoms with E-state index in [1.165, 1.54) is 6.26 Å². The van der Waals surface area contributed by atoms with Crippen molar-refractivity contribution < 1.29 is 14.3 Å². The van der Waals surface area contributed by atoms with Crippen molar-refractivity contribution in [3.05, 3.63) is 42.1 Å². The predicted octanol–water partition coefficient (Wildman–Crippen LogP) is 1.15. The zero-order valence-corrected chi connectivity index (χ0v) is 12.9. The Bertz CT molecular complexity index is 590. The van der Waals surface area contributed by atoms with Crippen molar-refractivity contribution in [2.24, 2.45) is 7.05 Å². The molecule has 0 fully saturated rings. The van der Waals surface area contributed by atoms with Gasteiger partial charge in [-0.05, 0) is 37.5 Å². The zero-order valence-electron chi connectivity index (χ0n) is 12.9. The van der Waals surface area contributed by atoms with Crippen LogP contribution in [0.15, 0.2) is 35.2 Å². The minimum Gasteiger partial charge on any atom is -0.466 e. The molecule has 0 bridgehead atoms. The molecular weight excluding hydrogens is 284 g/mol. The Morgan fingerprint density at radius 2 is 2.32 bits per heavy atom. The first-order valence-corrected chi connectivity index (χ1v) is 7.23. The van der Waals surface area contributed by atoms with E-state index in [4.69, 9.17) is 4.42 Å². The summed E-state index contributed by atoms with van der Waals surface area (Å²) < 4.78 is 6.91. The van der Waals surface area contributed by atoms with Crippen molar-refractivity contribution in [3.8, 4) is 0 Å². The summed E-state index contributed by atoms with van der Waals surface area (Å²) in [6, 6.07) is 3.06. The quantitative estimate of drug-likeness (QED) is 0.669. The van der Waals surface area contributed by atoms with Crippen molar-refractivity contribution in [1.29, 1.82) is 0 Å². The number of nitrogens with one attached hydrogen (secondary N) is 2. The number of carbonyl (C=O) groups excluding carboxylic acids is 1. The average Bonchev–Trinajstić information content (AvgIpc) is 3.13. The molecule has 0 aliphatic carbocycles. The number of hydrogen-bond acceptors (Lipinski definition) is 4. The predicted molar refractivity (Wildman–Crippen MR) is 81.2 cm³/mol. The van der Waals surface area contributed by atoms with Gasteiger partial charge in [0.2, 0.25) is 0 Å². The van der Waals surface area contributed by atoms with Crippen LogP contribution in [0.4, 0.5) is 4.79 Å². The normalized spacial score (nSPS) is 13.6. The molecule has 7 nitrogen and oxygen atoms in total. The van der Waals surface area contributed by atoms with Crippen LogP contribution in [-0.4, -0.2) is 34.0 Å². The summed E-state index contributed by atoms with van der Waals surface area (Å²) in [4.78, 5) is 11.7. The number of hydrogen-bond donors (Lipinski definition) is 3. The summed E-state index contributed by atoms with van der Waals surface area (Å²) in [5, 5.41) is 19.7. The highest BCUT2D eigenvalue weighted by atomic mass is 16.4. The van der Waals surface area contributed by atoms with E-state index in [2.05, 4.69) is 15.7 Å². The molecule has 7 heteroatoms. The molecule has 2 rings (SSSR count). The minimum absolute atomic E-state index is 0.0783. The maximum Gasteiger partial charge on any atom is 0.314 e. The standard InChI is InChI=1S/C15H22N4O3/c1-15(21,13-6-4-8-22-13)11-17-14(20)16-7-3-5-12-9-18-19(2)10-12/h4,6,8-10,21H,3,5,7,11H2,1-2H3,(H2,16,17,20)/t15-/m1/s1. The van der Waals surface area contributed by atoms with Gasteiger partial charge in [-0.15, -0.1) is 0 Å². The number of furan rings is 1. The van der Waals surface area contributed by atoms with E-state index < -0.39 is 5.60 Å². The zero-order chi connectivity index (χ0) is 16.0. The molecule has 2 amide bonds. The molecule has 0 aliphatic rings. The van der Waals surface area contributed by atoms with Crippen molar-refractivity contribution in [3.63, 3.8) is 0 Å². The SMILES string of the molecule is Cn1cc(CCCNC(=O)NC[C@@](C)(O)c2ccco2)cn1. The molecule has 22 heavy (non-hydrogen) atoms. The van der Waals surface area contributed by atoms with Gasteiger partial charge in [-0.25, -0.2) is 4.79 Å². The molecule has 0 saturated heterocycles. The summed E-state index contributed by atoms with van der Waals surface area (Å²) in [5.41, 5.74) is -0.0817. The molecule has 2 heterocycles. The first kappa shape index (κ1) is 16.1. The number of urea groups is 1. The molecule has 0 saturated carbocycles. The maximum atomic E-state index is 11.7. The van der Waals surface area contributed by atoms with Crippen LogP contribution in [0, 0.1) is 0 Å². The van der Waals surface area contributed by atoms with Crippen molar-refractivity contribution >= 4 is 6.03 Å². The molecule has 0 radical (unpaired) electrons. The fraction of sp³-hybridized carbons (Fsp3) is 0.467. The molecule has 0 aromatic carbocycles. The van der Waals surface area contributed by atoms with E-state index in [1.54, 1.807) is 23.7 Å². The summed E-state index contributed by atoms with van der Waals surface area (Å²) in [7, 11) is 1.88. The number of aromatic nitrogens is 2. The highest BCUT2D eigenvalue weighted by molar-refractivity contribution is 5.73. The van der Waals surface area contributed by atoms with Gasteiger partial charge in [-0.3, -0.25) is 4.68 Å². The van der Waals surface area contributed by atoms with Crippen LogP contribution in [0.2, 0.25) is 0 Å². The molecular formula is C15H22N4O3. The van der Waals surface area contributed by atoms with Crippen LogP contribution in [0.25, 0.3) is 0 Å². The molecule has 3 N–H and O–H groups in total. The van der Waals surface area contributed by atoms with Gasteiger partial charge >= 0.3 is 6.03 Å². The van der Waals surface area contributed by atoms with E-state index >= 15 is 0 Å². The van der Waals surface area contributed by atoms with Crippen LogP contribution in [0.1, 0.15) is 24.7 Å². The molecule has 0 unspecified atom stereocenters. The molecule has 2 aromatic rings. The Hall–Kier alpha value is -2.28. The Morgan fingerprint density at radius 1 is 1.50 bits per heavy atom.